The zero-order valence-electron chi connectivity index (χ0n) is 15.3. The van der Waals surface area contributed by atoms with Crippen LogP contribution in [0.1, 0.15) is 28.9 Å². The molecule has 0 bridgehead atoms. The Morgan fingerprint density at radius 1 is 1.07 bits per heavy atom. The molecule has 28 heavy (non-hydrogen) atoms. The largest absolute Gasteiger partial charge is 0.508 e. The summed E-state index contributed by atoms with van der Waals surface area (Å²) in [7, 11) is 0. The number of hydrogen-bond acceptors (Lipinski definition) is 4. The number of nitrogens with zero attached hydrogens (tertiary/aromatic N) is 2. The van der Waals surface area contributed by atoms with Gasteiger partial charge in [-0.2, -0.15) is 0 Å². The number of nitrogens with one attached hydrogen (secondary N) is 1. The summed E-state index contributed by atoms with van der Waals surface area (Å²) in [6.45, 7) is 0.528. The van der Waals surface area contributed by atoms with E-state index in [0.717, 1.165) is 22.5 Å². The quantitative estimate of drug-likeness (QED) is 0.647. The highest BCUT2D eigenvalue weighted by molar-refractivity contribution is 6.07. The van der Waals surface area contributed by atoms with Crippen molar-refractivity contribution in [3.8, 4) is 5.75 Å². The molecule has 1 aliphatic rings. The van der Waals surface area contributed by atoms with E-state index in [1.807, 2.05) is 41.0 Å². The van der Waals surface area contributed by atoms with Gasteiger partial charge in [-0.3, -0.25) is 9.59 Å². The molecular formula is C22H21N3O3. The topological polar surface area (TPSA) is 84.2 Å². The van der Waals surface area contributed by atoms with E-state index in [1.54, 1.807) is 24.5 Å². The monoisotopic (exact) mass is 375 g/mol. The minimum atomic E-state index is -0.512. The number of benzene rings is 2. The molecule has 3 aromatic rings. The summed E-state index contributed by atoms with van der Waals surface area (Å²) in [5, 5.41) is 12.5. The van der Waals surface area contributed by atoms with Crippen molar-refractivity contribution in [2.24, 2.45) is 0 Å². The van der Waals surface area contributed by atoms with Crippen LogP contribution in [0.15, 0.2) is 60.9 Å². The minimum absolute atomic E-state index is 0.0562. The van der Waals surface area contributed by atoms with E-state index in [4.69, 9.17) is 0 Å². The molecule has 0 aliphatic carbocycles. The number of Topliss-reactive ketones (excluding diaryl/α,β-unsaturated/α-hetero) is 1. The van der Waals surface area contributed by atoms with Gasteiger partial charge >= 0.3 is 0 Å². The normalized spacial score (nSPS) is 16.4. The van der Waals surface area contributed by atoms with Gasteiger partial charge in [0.15, 0.2) is 5.78 Å². The molecule has 1 unspecified atom stereocenters. The van der Waals surface area contributed by atoms with Gasteiger partial charge in [-0.1, -0.05) is 42.5 Å². The van der Waals surface area contributed by atoms with Gasteiger partial charge in [0.25, 0.3) is 0 Å². The maximum atomic E-state index is 12.1. The maximum absolute atomic E-state index is 12.1. The minimum Gasteiger partial charge on any atom is -0.508 e. The molecular weight excluding hydrogens is 354 g/mol. The smallest absolute Gasteiger partial charge is 0.228 e. The number of phenolic OH excluding ortho intramolecular Hbond substituents is 1. The first-order valence-corrected chi connectivity index (χ1v) is 9.25. The molecule has 2 aromatic carbocycles. The van der Waals surface area contributed by atoms with E-state index < -0.39 is 6.04 Å². The lowest BCUT2D eigenvalue weighted by Crippen LogP contribution is -2.32. The Morgan fingerprint density at radius 2 is 1.86 bits per heavy atom. The summed E-state index contributed by atoms with van der Waals surface area (Å²) in [6, 6.07) is 16.6. The van der Waals surface area contributed by atoms with Gasteiger partial charge in [0.05, 0.1) is 24.5 Å². The molecule has 4 rings (SSSR count). The van der Waals surface area contributed by atoms with E-state index in [9.17, 15) is 14.7 Å². The van der Waals surface area contributed by atoms with Gasteiger partial charge in [0.1, 0.15) is 5.75 Å². The van der Waals surface area contributed by atoms with Crippen molar-refractivity contribution in [1.82, 2.24) is 14.9 Å². The van der Waals surface area contributed by atoms with Crippen LogP contribution in [0.4, 0.5) is 0 Å². The third kappa shape index (κ3) is 3.96. The molecule has 0 radical (unpaired) electrons. The van der Waals surface area contributed by atoms with Crippen LogP contribution in [-0.4, -0.2) is 32.4 Å². The fraction of sp³-hybridized carbons (Fsp3) is 0.227. The summed E-state index contributed by atoms with van der Waals surface area (Å²) in [6.07, 6.45) is 2.77. The van der Waals surface area contributed by atoms with E-state index in [0.29, 0.717) is 19.4 Å². The first-order chi connectivity index (χ1) is 13.6. The molecule has 1 aromatic heterocycles. The summed E-state index contributed by atoms with van der Waals surface area (Å²) < 4.78 is 1.99. The highest BCUT2D eigenvalue weighted by Gasteiger charge is 2.31. The Balaban J connectivity index is 1.65. The SMILES string of the molecule is O=C1CC(=O)C(Cc2c(Cc3ccccc3)ncn2Cc2cccc(O)c2)N1. The van der Waals surface area contributed by atoms with Crippen molar-refractivity contribution >= 4 is 11.7 Å². The van der Waals surface area contributed by atoms with Crippen molar-refractivity contribution in [3.63, 3.8) is 0 Å². The lowest BCUT2D eigenvalue weighted by atomic mass is 10.0. The number of aromatic hydroxyl groups is 1. The zero-order valence-corrected chi connectivity index (χ0v) is 15.3. The summed E-state index contributed by atoms with van der Waals surface area (Å²) in [5.41, 5.74) is 3.88. The van der Waals surface area contributed by atoms with E-state index in [-0.39, 0.29) is 23.9 Å². The molecule has 1 aliphatic heterocycles. The Labute approximate surface area is 162 Å². The summed E-state index contributed by atoms with van der Waals surface area (Å²) in [4.78, 5) is 28.3. The number of ketones is 1. The number of rotatable bonds is 6. The highest BCUT2D eigenvalue weighted by Crippen LogP contribution is 2.20. The fourth-order valence-corrected chi connectivity index (χ4v) is 3.57. The molecule has 0 saturated carbocycles. The van der Waals surface area contributed by atoms with Crippen molar-refractivity contribution in [1.29, 1.82) is 0 Å². The first kappa shape index (κ1) is 18.0. The van der Waals surface area contributed by atoms with Crippen LogP contribution in [0.3, 0.4) is 0 Å². The Morgan fingerprint density at radius 3 is 2.57 bits per heavy atom. The Kier molecular flexibility index (Phi) is 4.93. The van der Waals surface area contributed by atoms with Gasteiger partial charge in [-0.05, 0) is 23.3 Å². The van der Waals surface area contributed by atoms with Crippen molar-refractivity contribution in [3.05, 3.63) is 83.4 Å². The number of carbonyl (C=O) groups is 2. The molecule has 1 fully saturated rings. The second-order valence-electron chi connectivity index (χ2n) is 7.07. The van der Waals surface area contributed by atoms with Crippen LogP contribution in [0.2, 0.25) is 0 Å². The van der Waals surface area contributed by atoms with Crippen LogP contribution in [-0.2, 0) is 29.0 Å². The van der Waals surface area contributed by atoms with Gasteiger partial charge in [0.2, 0.25) is 5.91 Å². The van der Waals surface area contributed by atoms with Gasteiger partial charge < -0.3 is 15.0 Å². The van der Waals surface area contributed by atoms with E-state index in [2.05, 4.69) is 10.3 Å². The van der Waals surface area contributed by atoms with Crippen LogP contribution < -0.4 is 5.32 Å². The van der Waals surface area contributed by atoms with Gasteiger partial charge in [0, 0.05) is 25.1 Å². The lowest BCUT2D eigenvalue weighted by molar-refractivity contribution is -0.122. The van der Waals surface area contributed by atoms with Crippen LogP contribution in [0.25, 0.3) is 0 Å². The number of carbonyl (C=O) groups excluding carboxylic acids is 2. The molecule has 6 heteroatoms. The third-order valence-corrected chi connectivity index (χ3v) is 4.97. The standard InChI is InChI=1S/C22H21N3O3/c26-17-8-4-7-16(9-17)13-25-14-23-18(10-15-5-2-1-3-6-15)20(25)11-19-21(27)12-22(28)24-19/h1-9,14,19,26H,10-13H2,(H,24,28). The molecule has 2 N–H and O–H groups in total. The predicted octanol–water partition coefficient (Wildman–Crippen LogP) is 2.23. The van der Waals surface area contributed by atoms with Crippen LogP contribution in [0.5, 0.6) is 5.75 Å². The summed E-state index contributed by atoms with van der Waals surface area (Å²) in [5.74, 6) is -0.0960. The number of phenols is 1. The second-order valence-corrected chi connectivity index (χ2v) is 7.07. The first-order valence-electron chi connectivity index (χ1n) is 9.25. The highest BCUT2D eigenvalue weighted by atomic mass is 16.3. The molecule has 0 spiro atoms. The van der Waals surface area contributed by atoms with Crippen molar-refractivity contribution < 1.29 is 14.7 Å². The molecule has 2 heterocycles. The molecule has 1 amide bonds. The predicted molar refractivity (Wildman–Crippen MR) is 104 cm³/mol. The second kappa shape index (κ2) is 7.68. The van der Waals surface area contributed by atoms with Crippen molar-refractivity contribution in [2.75, 3.05) is 0 Å². The average molecular weight is 375 g/mol. The Bertz CT molecular complexity index is 1010. The average Bonchev–Trinajstić information content (AvgIpc) is 3.19. The van der Waals surface area contributed by atoms with E-state index >= 15 is 0 Å². The van der Waals surface area contributed by atoms with Crippen LogP contribution in [0, 0.1) is 0 Å². The molecule has 1 atom stereocenters. The van der Waals surface area contributed by atoms with Crippen molar-refractivity contribution in [2.45, 2.75) is 31.8 Å². The third-order valence-electron chi connectivity index (χ3n) is 4.97. The molecule has 142 valence electrons. The zero-order chi connectivity index (χ0) is 19.5. The lowest BCUT2D eigenvalue weighted by Gasteiger charge is -2.14. The Hall–Kier alpha value is -3.41. The number of amides is 1. The number of aromatic nitrogens is 2. The molecule has 6 nitrogen and oxygen atoms in total. The van der Waals surface area contributed by atoms with Crippen LogP contribution >= 0.6 is 0 Å². The number of hydrogen-bond donors (Lipinski definition) is 2. The van der Waals surface area contributed by atoms with E-state index in [1.165, 1.54) is 0 Å². The maximum Gasteiger partial charge on any atom is 0.228 e. The van der Waals surface area contributed by atoms with Gasteiger partial charge in [-0.15, -0.1) is 0 Å². The van der Waals surface area contributed by atoms with Gasteiger partial charge in [-0.25, -0.2) is 4.98 Å². The number of imidazole rings is 1. The fourth-order valence-electron chi connectivity index (χ4n) is 3.57. The summed E-state index contributed by atoms with van der Waals surface area (Å²) >= 11 is 0. The molecule has 1 saturated heterocycles.